The Morgan fingerprint density at radius 3 is 2.56 bits per heavy atom. The van der Waals surface area contributed by atoms with Gasteiger partial charge >= 0.3 is 5.69 Å². The van der Waals surface area contributed by atoms with Crippen LogP contribution in [0.2, 0.25) is 5.02 Å². The highest BCUT2D eigenvalue weighted by atomic mass is 35.5. The minimum atomic E-state index is -4.12. The molecule has 0 aliphatic carbocycles. The summed E-state index contributed by atoms with van der Waals surface area (Å²) in [5.74, 6) is -1.56. The molecule has 0 aliphatic heterocycles. The second-order valence-electron chi connectivity index (χ2n) is 6.36. The van der Waals surface area contributed by atoms with Crippen molar-refractivity contribution in [1.82, 2.24) is 0 Å². The minimum absolute atomic E-state index is 0.0295. The number of hydrogen-bond donors (Lipinski definition) is 2. The Kier molecular flexibility index (Phi) is 6.61. The SMILES string of the molecule is COc1ccc(Cl)cc1NS(=O)(=O)c1cccc(C(=O)Nc2ccc(F)c([N+](=O)[O-])c2)c1. The molecular formula is C20H15ClFN3O6S. The van der Waals surface area contributed by atoms with Gasteiger partial charge in [0.25, 0.3) is 15.9 Å². The van der Waals surface area contributed by atoms with Crippen molar-refractivity contribution < 1.29 is 27.3 Å². The fourth-order valence-corrected chi connectivity index (χ4v) is 3.98. The first-order chi connectivity index (χ1) is 15.1. The summed E-state index contributed by atoms with van der Waals surface area (Å²) in [7, 11) is -2.76. The maximum absolute atomic E-state index is 13.5. The third-order valence-corrected chi connectivity index (χ3v) is 5.81. The number of benzene rings is 3. The molecule has 3 rings (SSSR count). The zero-order chi connectivity index (χ0) is 23.5. The second-order valence-corrected chi connectivity index (χ2v) is 8.47. The van der Waals surface area contributed by atoms with Crippen LogP contribution in [0.25, 0.3) is 0 Å². The molecule has 0 aromatic heterocycles. The van der Waals surface area contributed by atoms with Gasteiger partial charge < -0.3 is 10.1 Å². The number of halogens is 2. The summed E-state index contributed by atoms with van der Waals surface area (Å²) < 4.78 is 46.6. The van der Waals surface area contributed by atoms with E-state index in [0.717, 1.165) is 24.3 Å². The number of anilines is 2. The van der Waals surface area contributed by atoms with E-state index in [9.17, 15) is 27.7 Å². The normalized spacial score (nSPS) is 11.0. The number of nitro groups is 1. The monoisotopic (exact) mass is 479 g/mol. The van der Waals surface area contributed by atoms with E-state index >= 15 is 0 Å². The van der Waals surface area contributed by atoms with Crippen LogP contribution >= 0.6 is 11.6 Å². The quantitative estimate of drug-likeness (QED) is 0.380. The molecule has 0 spiro atoms. The van der Waals surface area contributed by atoms with Gasteiger partial charge in [-0.05, 0) is 48.5 Å². The number of nitro benzene ring substituents is 1. The molecule has 9 nitrogen and oxygen atoms in total. The highest BCUT2D eigenvalue weighted by Crippen LogP contribution is 2.30. The van der Waals surface area contributed by atoms with E-state index in [1.807, 2.05) is 0 Å². The molecule has 0 atom stereocenters. The van der Waals surface area contributed by atoms with E-state index in [-0.39, 0.29) is 32.6 Å². The summed E-state index contributed by atoms with van der Waals surface area (Å²) in [6.45, 7) is 0. The fraction of sp³-hybridized carbons (Fsp3) is 0.0500. The Hall–Kier alpha value is -3.70. The highest BCUT2D eigenvalue weighted by Gasteiger charge is 2.20. The summed E-state index contributed by atoms with van der Waals surface area (Å²) in [5, 5.41) is 13.5. The molecule has 0 heterocycles. The lowest BCUT2D eigenvalue weighted by Gasteiger charge is -2.13. The topological polar surface area (TPSA) is 128 Å². The number of hydrogen-bond acceptors (Lipinski definition) is 6. The van der Waals surface area contributed by atoms with Gasteiger partial charge in [-0.1, -0.05) is 17.7 Å². The zero-order valence-electron chi connectivity index (χ0n) is 16.3. The molecule has 0 radical (unpaired) electrons. The van der Waals surface area contributed by atoms with Gasteiger partial charge in [-0.3, -0.25) is 19.6 Å². The zero-order valence-corrected chi connectivity index (χ0v) is 17.9. The van der Waals surface area contributed by atoms with Crippen molar-refractivity contribution in [2.24, 2.45) is 0 Å². The Morgan fingerprint density at radius 1 is 1.12 bits per heavy atom. The molecule has 166 valence electrons. The lowest BCUT2D eigenvalue weighted by molar-refractivity contribution is -0.387. The van der Waals surface area contributed by atoms with E-state index in [1.54, 1.807) is 0 Å². The summed E-state index contributed by atoms with van der Waals surface area (Å²) in [6.07, 6.45) is 0. The third kappa shape index (κ3) is 5.13. The van der Waals surface area contributed by atoms with Crippen molar-refractivity contribution in [2.75, 3.05) is 17.1 Å². The molecule has 0 bridgehead atoms. The number of nitrogens with one attached hydrogen (secondary N) is 2. The van der Waals surface area contributed by atoms with Gasteiger partial charge in [0.1, 0.15) is 5.75 Å². The molecule has 0 aliphatic rings. The average Bonchev–Trinajstić information content (AvgIpc) is 2.75. The van der Waals surface area contributed by atoms with Crippen LogP contribution < -0.4 is 14.8 Å². The van der Waals surface area contributed by atoms with E-state index in [0.29, 0.717) is 0 Å². The van der Waals surface area contributed by atoms with E-state index in [1.165, 1.54) is 43.5 Å². The highest BCUT2D eigenvalue weighted by molar-refractivity contribution is 7.92. The molecule has 3 aromatic carbocycles. The average molecular weight is 480 g/mol. The number of nitrogens with zero attached hydrogens (tertiary/aromatic N) is 1. The van der Waals surface area contributed by atoms with Gasteiger partial charge in [-0.2, -0.15) is 4.39 Å². The van der Waals surface area contributed by atoms with Gasteiger partial charge in [0, 0.05) is 22.3 Å². The first-order valence-corrected chi connectivity index (χ1v) is 10.7. The molecule has 2 N–H and O–H groups in total. The number of rotatable bonds is 7. The smallest absolute Gasteiger partial charge is 0.306 e. The number of carbonyl (C=O) groups excluding carboxylic acids is 1. The van der Waals surface area contributed by atoms with E-state index in [4.69, 9.17) is 16.3 Å². The van der Waals surface area contributed by atoms with Gasteiger partial charge in [-0.15, -0.1) is 0 Å². The van der Waals surface area contributed by atoms with Crippen molar-refractivity contribution in [2.45, 2.75) is 4.90 Å². The maximum Gasteiger partial charge on any atom is 0.306 e. The first-order valence-electron chi connectivity index (χ1n) is 8.82. The molecular weight excluding hydrogens is 465 g/mol. The number of methoxy groups -OCH3 is 1. The van der Waals surface area contributed by atoms with E-state index < -0.39 is 32.4 Å². The van der Waals surface area contributed by atoms with Crippen molar-refractivity contribution >= 4 is 44.6 Å². The van der Waals surface area contributed by atoms with Crippen LogP contribution in [-0.2, 0) is 10.0 Å². The molecule has 0 saturated carbocycles. The van der Waals surface area contributed by atoms with Gasteiger partial charge in [0.15, 0.2) is 0 Å². The molecule has 12 heteroatoms. The lowest BCUT2D eigenvalue weighted by atomic mass is 10.2. The van der Waals surface area contributed by atoms with Gasteiger partial charge in [0.2, 0.25) is 5.82 Å². The first kappa shape index (κ1) is 23.0. The summed E-state index contributed by atoms with van der Waals surface area (Å²) in [6, 6.07) is 12.3. The van der Waals surface area contributed by atoms with Crippen LogP contribution in [-0.4, -0.2) is 26.4 Å². The lowest BCUT2D eigenvalue weighted by Crippen LogP contribution is -2.16. The molecule has 32 heavy (non-hydrogen) atoms. The molecule has 1 amide bonds. The third-order valence-electron chi connectivity index (χ3n) is 4.21. The second kappa shape index (κ2) is 9.20. The Morgan fingerprint density at radius 2 is 1.88 bits per heavy atom. The number of ether oxygens (including phenoxy) is 1. The van der Waals surface area contributed by atoms with Crippen molar-refractivity contribution in [1.29, 1.82) is 0 Å². The van der Waals surface area contributed by atoms with Crippen molar-refractivity contribution in [3.05, 3.63) is 87.2 Å². The number of carbonyl (C=O) groups is 1. The number of amides is 1. The predicted molar refractivity (Wildman–Crippen MR) is 116 cm³/mol. The fourth-order valence-electron chi connectivity index (χ4n) is 2.70. The minimum Gasteiger partial charge on any atom is -0.495 e. The summed E-state index contributed by atoms with van der Waals surface area (Å²) in [4.78, 5) is 22.3. The molecule has 0 fully saturated rings. The molecule has 3 aromatic rings. The standard InChI is InChI=1S/C20H15ClFN3O6S/c1-31-19-8-5-13(21)10-17(19)24-32(29,30)15-4-2-3-12(9-15)20(26)23-14-6-7-16(22)18(11-14)25(27)28/h2-11,24H,1H3,(H,23,26). The van der Waals surface area contributed by atoms with Gasteiger partial charge in [-0.25, -0.2) is 8.42 Å². The van der Waals surface area contributed by atoms with Crippen LogP contribution in [0.5, 0.6) is 5.75 Å². The van der Waals surface area contributed by atoms with Crippen LogP contribution in [0.1, 0.15) is 10.4 Å². The number of sulfonamides is 1. The Labute approximate surface area is 187 Å². The molecule has 0 unspecified atom stereocenters. The summed E-state index contributed by atoms with van der Waals surface area (Å²) >= 11 is 5.92. The van der Waals surface area contributed by atoms with E-state index in [2.05, 4.69) is 10.0 Å². The van der Waals surface area contributed by atoms with Crippen LogP contribution in [0, 0.1) is 15.9 Å². The Balaban J connectivity index is 1.86. The largest absolute Gasteiger partial charge is 0.495 e. The summed E-state index contributed by atoms with van der Waals surface area (Å²) in [5.41, 5.74) is -0.775. The van der Waals surface area contributed by atoms with Crippen LogP contribution in [0.3, 0.4) is 0 Å². The Bertz CT molecular complexity index is 1320. The molecule has 0 saturated heterocycles. The van der Waals surface area contributed by atoms with Crippen LogP contribution in [0.4, 0.5) is 21.5 Å². The maximum atomic E-state index is 13.5. The van der Waals surface area contributed by atoms with Crippen molar-refractivity contribution in [3.63, 3.8) is 0 Å². The predicted octanol–water partition coefficient (Wildman–Crippen LogP) is 4.45. The van der Waals surface area contributed by atoms with Crippen molar-refractivity contribution in [3.8, 4) is 5.75 Å². The van der Waals surface area contributed by atoms with Gasteiger partial charge in [0.05, 0.1) is 22.6 Å². The van der Waals surface area contributed by atoms with Crippen LogP contribution in [0.15, 0.2) is 65.6 Å².